The van der Waals surface area contributed by atoms with Gasteiger partial charge in [-0.15, -0.1) is 0 Å². The van der Waals surface area contributed by atoms with Gasteiger partial charge in [-0.2, -0.15) is 0 Å². The molecule has 0 spiro atoms. The zero-order valence-corrected chi connectivity index (χ0v) is 13.2. The molecule has 0 radical (unpaired) electrons. The molecule has 3 nitrogen and oxygen atoms in total. The molecule has 3 N–H and O–H groups in total. The van der Waals surface area contributed by atoms with Gasteiger partial charge in [-0.25, -0.2) is 0 Å². The summed E-state index contributed by atoms with van der Waals surface area (Å²) in [5.41, 5.74) is 6.14. The third-order valence-corrected chi connectivity index (χ3v) is 4.18. The molecule has 0 aromatic heterocycles. The Morgan fingerprint density at radius 1 is 1.42 bits per heavy atom. The molecule has 1 fully saturated rings. The maximum atomic E-state index is 12.1. The molecule has 1 aliphatic rings. The molecule has 2 atom stereocenters. The summed E-state index contributed by atoms with van der Waals surface area (Å²) in [5.74, 6) is 1.13. The van der Waals surface area contributed by atoms with Crippen LogP contribution >= 0.6 is 0 Å². The van der Waals surface area contributed by atoms with Crippen molar-refractivity contribution in [3.05, 3.63) is 0 Å². The predicted octanol–water partition coefficient (Wildman–Crippen LogP) is 3.08. The number of carbonyl (C=O) groups is 1. The van der Waals surface area contributed by atoms with E-state index in [0.29, 0.717) is 36.3 Å². The van der Waals surface area contributed by atoms with Crippen LogP contribution < -0.4 is 11.1 Å². The Morgan fingerprint density at radius 2 is 2.11 bits per heavy atom. The normalized spacial score (nSPS) is 24.2. The zero-order valence-electron chi connectivity index (χ0n) is 13.2. The van der Waals surface area contributed by atoms with E-state index in [4.69, 9.17) is 5.73 Å². The topological polar surface area (TPSA) is 55.1 Å². The van der Waals surface area contributed by atoms with Gasteiger partial charge in [0.1, 0.15) is 0 Å². The molecule has 0 bridgehead atoms. The minimum atomic E-state index is 0.193. The first kappa shape index (κ1) is 16.5. The Kier molecular flexibility index (Phi) is 6.31. The van der Waals surface area contributed by atoms with E-state index in [1.54, 1.807) is 0 Å². The van der Waals surface area contributed by atoms with Crippen LogP contribution in [-0.4, -0.2) is 18.5 Å². The number of nitrogens with one attached hydrogen (secondary N) is 1. The Hall–Kier alpha value is -0.570. The summed E-state index contributed by atoms with van der Waals surface area (Å²) < 4.78 is 0. The number of hydrogen-bond acceptors (Lipinski definition) is 2. The minimum Gasteiger partial charge on any atom is -0.353 e. The van der Waals surface area contributed by atoms with Crippen LogP contribution in [0.2, 0.25) is 0 Å². The minimum absolute atomic E-state index is 0.193. The van der Waals surface area contributed by atoms with Crippen LogP contribution in [0.4, 0.5) is 0 Å². The van der Waals surface area contributed by atoms with Gasteiger partial charge in [0.05, 0.1) is 0 Å². The number of nitrogens with two attached hydrogens (primary N) is 1. The molecule has 0 saturated heterocycles. The maximum absolute atomic E-state index is 12.1. The monoisotopic (exact) mass is 268 g/mol. The van der Waals surface area contributed by atoms with Gasteiger partial charge in [0, 0.05) is 12.5 Å². The fraction of sp³-hybridized carbons (Fsp3) is 0.938. The second-order valence-electron chi connectivity index (χ2n) is 7.46. The summed E-state index contributed by atoms with van der Waals surface area (Å²) in [6.45, 7) is 9.58. The fourth-order valence-electron chi connectivity index (χ4n) is 3.30. The summed E-state index contributed by atoms with van der Waals surface area (Å²) in [6.07, 6.45) is 6.37. The highest BCUT2D eigenvalue weighted by atomic mass is 16.1. The van der Waals surface area contributed by atoms with Crippen LogP contribution in [0.25, 0.3) is 0 Å². The van der Waals surface area contributed by atoms with Gasteiger partial charge in [-0.05, 0) is 49.5 Å². The van der Waals surface area contributed by atoms with Crippen molar-refractivity contribution in [2.45, 2.75) is 72.3 Å². The average molecular weight is 268 g/mol. The standard InChI is InChI=1S/C16H32N2O/c1-12(2)8-13(11-17)9-15(19)18-14-6-5-7-16(3,4)10-14/h12-14H,5-11,17H2,1-4H3,(H,18,19)/t13-,14?/m0/s1. The highest BCUT2D eigenvalue weighted by Gasteiger charge is 2.29. The van der Waals surface area contributed by atoms with Crippen LogP contribution in [0.5, 0.6) is 0 Å². The highest BCUT2D eigenvalue weighted by Crippen LogP contribution is 2.35. The van der Waals surface area contributed by atoms with E-state index in [-0.39, 0.29) is 5.91 Å². The number of rotatable bonds is 6. The first-order chi connectivity index (χ1) is 8.82. The molecule has 0 heterocycles. The molecule has 1 saturated carbocycles. The molecule has 1 amide bonds. The third-order valence-electron chi connectivity index (χ3n) is 4.18. The summed E-state index contributed by atoms with van der Waals surface area (Å²) in [4.78, 5) is 12.1. The summed E-state index contributed by atoms with van der Waals surface area (Å²) in [6, 6.07) is 0.369. The molecule has 0 aliphatic heterocycles. The van der Waals surface area contributed by atoms with Gasteiger partial charge in [0.2, 0.25) is 5.91 Å². The van der Waals surface area contributed by atoms with E-state index < -0.39 is 0 Å². The smallest absolute Gasteiger partial charge is 0.220 e. The number of amides is 1. The van der Waals surface area contributed by atoms with Crippen LogP contribution in [0.3, 0.4) is 0 Å². The second kappa shape index (κ2) is 7.28. The lowest BCUT2D eigenvalue weighted by Gasteiger charge is -2.35. The van der Waals surface area contributed by atoms with Gasteiger partial charge in [0.25, 0.3) is 0 Å². The largest absolute Gasteiger partial charge is 0.353 e. The molecule has 1 unspecified atom stereocenters. The molecule has 3 heteroatoms. The van der Waals surface area contributed by atoms with Crippen LogP contribution in [0.1, 0.15) is 66.2 Å². The molecule has 0 aromatic rings. The van der Waals surface area contributed by atoms with Crippen LogP contribution in [-0.2, 0) is 4.79 Å². The lowest BCUT2D eigenvalue weighted by atomic mass is 9.75. The predicted molar refractivity (Wildman–Crippen MR) is 80.8 cm³/mol. The Morgan fingerprint density at radius 3 is 2.63 bits per heavy atom. The first-order valence-electron chi connectivity index (χ1n) is 7.82. The van der Waals surface area contributed by atoms with Gasteiger partial charge in [0.15, 0.2) is 0 Å². The summed E-state index contributed by atoms with van der Waals surface area (Å²) >= 11 is 0. The summed E-state index contributed by atoms with van der Waals surface area (Å²) in [7, 11) is 0. The Balaban J connectivity index is 2.37. The van der Waals surface area contributed by atoms with Crippen molar-refractivity contribution < 1.29 is 4.79 Å². The Bertz CT molecular complexity index is 286. The highest BCUT2D eigenvalue weighted by molar-refractivity contribution is 5.76. The molecule has 0 aromatic carbocycles. The van der Waals surface area contributed by atoms with E-state index in [2.05, 4.69) is 33.0 Å². The molecule has 112 valence electrons. The maximum Gasteiger partial charge on any atom is 0.220 e. The van der Waals surface area contributed by atoms with E-state index >= 15 is 0 Å². The van der Waals surface area contributed by atoms with Crippen molar-refractivity contribution in [1.29, 1.82) is 0 Å². The van der Waals surface area contributed by atoms with Crippen molar-refractivity contribution in [3.63, 3.8) is 0 Å². The van der Waals surface area contributed by atoms with Crippen molar-refractivity contribution >= 4 is 5.91 Å². The number of hydrogen-bond donors (Lipinski definition) is 2. The third kappa shape index (κ3) is 6.42. The van der Waals surface area contributed by atoms with E-state index in [1.807, 2.05) is 0 Å². The van der Waals surface area contributed by atoms with E-state index in [0.717, 1.165) is 19.3 Å². The number of carbonyl (C=O) groups excluding carboxylic acids is 1. The SMILES string of the molecule is CC(C)C[C@H](CN)CC(=O)NC1CCCC(C)(C)C1. The molecule has 1 rings (SSSR count). The molecule has 19 heavy (non-hydrogen) atoms. The summed E-state index contributed by atoms with van der Waals surface area (Å²) in [5, 5.41) is 3.22. The van der Waals surface area contributed by atoms with Crippen molar-refractivity contribution in [2.24, 2.45) is 23.0 Å². The average Bonchev–Trinajstić information content (AvgIpc) is 2.25. The Labute approximate surface area is 118 Å². The lowest BCUT2D eigenvalue weighted by Crippen LogP contribution is -2.41. The molecule has 1 aliphatic carbocycles. The van der Waals surface area contributed by atoms with Gasteiger partial charge >= 0.3 is 0 Å². The fourth-order valence-corrected chi connectivity index (χ4v) is 3.30. The van der Waals surface area contributed by atoms with E-state index in [1.165, 1.54) is 12.8 Å². The quantitative estimate of drug-likeness (QED) is 0.778. The van der Waals surface area contributed by atoms with Crippen molar-refractivity contribution in [1.82, 2.24) is 5.32 Å². The van der Waals surface area contributed by atoms with Gasteiger partial charge in [-0.1, -0.05) is 34.1 Å². The second-order valence-corrected chi connectivity index (χ2v) is 7.46. The first-order valence-corrected chi connectivity index (χ1v) is 7.82. The van der Waals surface area contributed by atoms with E-state index in [9.17, 15) is 4.79 Å². The lowest BCUT2D eigenvalue weighted by molar-refractivity contribution is -0.123. The zero-order chi connectivity index (χ0) is 14.5. The van der Waals surface area contributed by atoms with Crippen LogP contribution in [0, 0.1) is 17.3 Å². The van der Waals surface area contributed by atoms with Crippen LogP contribution in [0.15, 0.2) is 0 Å². The molecular formula is C16H32N2O. The van der Waals surface area contributed by atoms with Crippen molar-refractivity contribution in [3.8, 4) is 0 Å². The van der Waals surface area contributed by atoms with Crippen molar-refractivity contribution in [2.75, 3.05) is 6.54 Å². The van der Waals surface area contributed by atoms with Gasteiger partial charge in [-0.3, -0.25) is 4.79 Å². The molecular weight excluding hydrogens is 236 g/mol. The van der Waals surface area contributed by atoms with Gasteiger partial charge < -0.3 is 11.1 Å².